The Morgan fingerprint density at radius 1 is 1.20 bits per heavy atom. The monoisotopic (exact) mass is 299 g/mol. The molecule has 0 heterocycles. The topological polar surface area (TPSA) is 36.4 Å². The van der Waals surface area contributed by atoms with Crippen LogP contribution < -0.4 is 10.6 Å². The lowest BCUT2D eigenvalue weighted by atomic mass is 9.80. The second-order valence-corrected chi connectivity index (χ2v) is 7.18. The number of nitrogens with zero attached hydrogens (tertiary/aromatic N) is 1. The normalized spacial score (nSPS) is 23.9. The highest BCUT2D eigenvalue weighted by molar-refractivity contribution is 7.98. The lowest BCUT2D eigenvalue weighted by Crippen LogP contribution is -2.45. The van der Waals surface area contributed by atoms with Gasteiger partial charge in [0, 0.05) is 19.6 Å². The molecule has 1 aliphatic carbocycles. The number of guanidine groups is 1. The van der Waals surface area contributed by atoms with Crippen LogP contribution in [0.15, 0.2) is 4.99 Å². The van der Waals surface area contributed by atoms with E-state index in [9.17, 15) is 0 Å². The maximum absolute atomic E-state index is 4.34. The number of hydrogen-bond donors (Lipinski definition) is 2. The quantitative estimate of drug-likeness (QED) is 0.429. The van der Waals surface area contributed by atoms with E-state index in [0.717, 1.165) is 24.3 Å². The van der Waals surface area contributed by atoms with Gasteiger partial charge in [0.2, 0.25) is 0 Å². The van der Waals surface area contributed by atoms with Gasteiger partial charge in [0.25, 0.3) is 0 Å². The zero-order valence-corrected chi connectivity index (χ0v) is 14.6. The average Bonchev–Trinajstić information content (AvgIpc) is 2.46. The predicted molar refractivity (Wildman–Crippen MR) is 92.7 cm³/mol. The number of unbranched alkanes of at least 4 members (excludes halogenated alkanes) is 1. The van der Waals surface area contributed by atoms with Gasteiger partial charge in [-0.25, -0.2) is 0 Å². The second-order valence-electron chi connectivity index (χ2n) is 6.20. The summed E-state index contributed by atoms with van der Waals surface area (Å²) in [7, 11) is 1.87. The van der Waals surface area contributed by atoms with E-state index in [4.69, 9.17) is 0 Å². The lowest BCUT2D eigenvalue weighted by Gasteiger charge is -2.32. The molecule has 1 fully saturated rings. The van der Waals surface area contributed by atoms with Gasteiger partial charge in [-0.1, -0.05) is 13.8 Å². The van der Waals surface area contributed by atoms with Crippen LogP contribution >= 0.6 is 11.8 Å². The predicted octanol–water partition coefficient (Wildman–Crippen LogP) is 3.51. The summed E-state index contributed by atoms with van der Waals surface area (Å²) in [6, 6.07) is 0.613. The molecule has 1 saturated carbocycles. The molecule has 0 atom stereocenters. The third-order valence-electron chi connectivity index (χ3n) is 4.35. The van der Waals surface area contributed by atoms with Crippen LogP contribution in [0.3, 0.4) is 0 Å². The summed E-state index contributed by atoms with van der Waals surface area (Å²) in [5, 5.41) is 7.03. The van der Waals surface area contributed by atoms with Crippen LogP contribution in [-0.2, 0) is 0 Å². The first kappa shape index (κ1) is 17.7. The van der Waals surface area contributed by atoms with Gasteiger partial charge in [0.05, 0.1) is 0 Å². The summed E-state index contributed by atoms with van der Waals surface area (Å²) >= 11 is 1.92. The molecule has 0 amide bonds. The minimum absolute atomic E-state index is 0.613. The van der Waals surface area contributed by atoms with Gasteiger partial charge < -0.3 is 10.6 Å². The van der Waals surface area contributed by atoms with E-state index < -0.39 is 0 Å². The van der Waals surface area contributed by atoms with Gasteiger partial charge in [-0.3, -0.25) is 4.99 Å². The van der Waals surface area contributed by atoms with Gasteiger partial charge in [-0.2, -0.15) is 11.8 Å². The molecule has 1 rings (SSSR count). The maximum atomic E-state index is 4.34. The zero-order chi connectivity index (χ0) is 14.8. The minimum Gasteiger partial charge on any atom is -0.356 e. The highest BCUT2D eigenvalue weighted by Gasteiger charge is 2.23. The first-order valence-corrected chi connectivity index (χ1v) is 9.52. The van der Waals surface area contributed by atoms with Crippen molar-refractivity contribution in [3.63, 3.8) is 0 Å². The first-order chi connectivity index (χ1) is 9.67. The van der Waals surface area contributed by atoms with Crippen molar-refractivity contribution in [2.75, 3.05) is 25.6 Å². The molecular formula is C16H33N3S. The standard InChI is InChI=1S/C16H33N3S/c1-13(2)14-7-9-15(10-8-14)19-16(17-3)18-11-5-6-12-20-4/h13-15H,5-12H2,1-4H3,(H2,17,18,19). The van der Waals surface area contributed by atoms with Crippen molar-refractivity contribution in [1.29, 1.82) is 0 Å². The summed E-state index contributed by atoms with van der Waals surface area (Å²) in [5.41, 5.74) is 0. The van der Waals surface area contributed by atoms with Crippen molar-refractivity contribution in [3.8, 4) is 0 Å². The van der Waals surface area contributed by atoms with E-state index in [0.29, 0.717) is 6.04 Å². The third-order valence-corrected chi connectivity index (χ3v) is 5.04. The minimum atomic E-state index is 0.613. The van der Waals surface area contributed by atoms with Crippen LogP contribution in [0.4, 0.5) is 0 Å². The number of hydrogen-bond acceptors (Lipinski definition) is 2. The van der Waals surface area contributed by atoms with Crippen molar-refractivity contribution < 1.29 is 0 Å². The molecule has 0 aromatic heterocycles. The van der Waals surface area contributed by atoms with Crippen molar-refractivity contribution in [2.45, 2.75) is 58.4 Å². The molecule has 118 valence electrons. The van der Waals surface area contributed by atoms with Crippen LogP contribution in [0.2, 0.25) is 0 Å². The second kappa shape index (κ2) is 10.4. The Hall–Kier alpha value is -0.380. The summed E-state index contributed by atoms with van der Waals surface area (Å²) < 4.78 is 0. The number of rotatable bonds is 7. The van der Waals surface area contributed by atoms with Gasteiger partial charge >= 0.3 is 0 Å². The number of thioether (sulfide) groups is 1. The molecule has 0 radical (unpaired) electrons. The highest BCUT2D eigenvalue weighted by Crippen LogP contribution is 2.29. The Morgan fingerprint density at radius 2 is 1.90 bits per heavy atom. The van der Waals surface area contributed by atoms with Crippen LogP contribution in [0.5, 0.6) is 0 Å². The fourth-order valence-corrected chi connectivity index (χ4v) is 3.39. The Kier molecular flexibility index (Phi) is 9.16. The molecule has 1 aliphatic rings. The summed E-state index contributed by atoms with van der Waals surface area (Å²) in [6.07, 6.45) is 9.97. The Bertz CT molecular complexity index is 271. The van der Waals surface area contributed by atoms with E-state index in [1.54, 1.807) is 0 Å². The summed E-state index contributed by atoms with van der Waals surface area (Å²) in [6.45, 7) is 5.74. The summed E-state index contributed by atoms with van der Waals surface area (Å²) in [5.74, 6) is 4.01. The van der Waals surface area contributed by atoms with Gasteiger partial charge in [0.15, 0.2) is 5.96 Å². The fourth-order valence-electron chi connectivity index (χ4n) is 2.90. The van der Waals surface area contributed by atoms with E-state index in [2.05, 4.69) is 35.7 Å². The van der Waals surface area contributed by atoms with Gasteiger partial charge in [0.1, 0.15) is 0 Å². The van der Waals surface area contributed by atoms with Crippen molar-refractivity contribution in [3.05, 3.63) is 0 Å². The van der Waals surface area contributed by atoms with Gasteiger partial charge in [-0.05, 0) is 62.4 Å². The SMILES string of the molecule is CN=C(NCCCCSC)NC1CCC(C(C)C)CC1. The third kappa shape index (κ3) is 6.87. The van der Waals surface area contributed by atoms with E-state index in [1.165, 1.54) is 44.3 Å². The Morgan fingerprint density at radius 3 is 2.45 bits per heavy atom. The van der Waals surface area contributed by atoms with E-state index in [-0.39, 0.29) is 0 Å². The van der Waals surface area contributed by atoms with E-state index >= 15 is 0 Å². The smallest absolute Gasteiger partial charge is 0.191 e. The molecule has 3 nitrogen and oxygen atoms in total. The van der Waals surface area contributed by atoms with Crippen LogP contribution in [-0.4, -0.2) is 37.6 Å². The van der Waals surface area contributed by atoms with E-state index in [1.807, 2.05) is 18.8 Å². The van der Waals surface area contributed by atoms with Crippen LogP contribution in [0.25, 0.3) is 0 Å². The van der Waals surface area contributed by atoms with Crippen molar-refractivity contribution >= 4 is 17.7 Å². The molecule has 4 heteroatoms. The number of nitrogens with one attached hydrogen (secondary N) is 2. The molecule has 0 saturated heterocycles. The maximum Gasteiger partial charge on any atom is 0.191 e. The Balaban J connectivity index is 2.18. The molecule has 0 aliphatic heterocycles. The van der Waals surface area contributed by atoms with Crippen LogP contribution in [0, 0.1) is 11.8 Å². The van der Waals surface area contributed by atoms with Gasteiger partial charge in [-0.15, -0.1) is 0 Å². The van der Waals surface area contributed by atoms with Crippen molar-refractivity contribution in [1.82, 2.24) is 10.6 Å². The molecule has 0 spiro atoms. The molecule has 0 aromatic carbocycles. The summed E-state index contributed by atoms with van der Waals surface area (Å²) in [4.78, 5) is 4.34. The molecule has 2 N–H and O–H groups in total. The molecule has 0 aromatic rings. The molecule has 0 unspecified atom stereocenters. The Labute approximate surface area is 129 Å². The lowest BCUT2D eigenvalue weighted by molar-refractivity contribution is 0.250. The van der Waals surface area contributed by atoms with Crippen LogP contribution in [0.1, 0.15) is 52.4 Å². The first-order valence-electron chi connectivity index (χ1n) is 8.13. The largest absolute Gasteiger partial charge is 0.356 e. The molecular weight excluding hydrogens is 266 g/mol. The zero-order valence-electron chi connectivity index (χ0n) is 13.7. The van der Waals surface area contributed by atoms with Crippen molar-refractivity contribution in [2.24, 2.45) is 16.8 Å². The fraction of sp³-hybridized carbons (Fsp3) is 0.938. The number of aliphatic imine (C=N–C) groups is 1. The average molecular weight is 300 g/mol. The highest BCUT2D eigenvalue weighted by atomic mass is 32.2. The molecule has 0 bridgehead atoms. The molecule has 20 heavy (non-hydrogen) atoms.